The summed E-state index contributed by atoms with van der Waals surface area (Å²) >= 11 is 5.91. The maximum absolute atomic E-state index is 12.4. The van der Waals surface area contributed by atoms with Crippen molar-refractivity contribution < 1.29 is 8.42 Å². The second kappa shape index (κ2) is 5.68. The molecule has 1 aliphatic carbocycles. The van der Waals surface area contributed by atoms with E-state index in [0.717, 1.165) is 18.4 Å². The summed E-state index contributed by atoms with van der Waals surface area (Å²) in [6, 6.07) is 9.16. The molecule has 0 amide bonds. The summed E-state index contributed by atoms with van der Waals surface area (Å²) in [5.41, 5.74) is 1.03. The number of nitrogens with one attached hydrogen (secondary N) is 1. The highest BCUT2D eigenvalue weighted by molar-refractivity contribution is 7.89. The number of nitrogens with zero attached hydrogens (tertiary/aromatic N) is 2. The van der Waals surface area contributed by atoms with Crippen LogP contribution in [0.15, 0.2) is 41.6 Å². The van der Waals surface area contributed by atoms with Crippen LogP contribution in [-0.4, -0.2) is 24.7 Å². The third-order valence-electron chi connectivity index (χ3n) is 4.16. The lowest BCUT2D eigenvalue weighted by molar-refractivity contribution is 0.536. The molecule has 1 heterocycles. The van der Waals surface area contributed by atoms with Crippen molar-refractivity contribution >= 4 is 21.6 Å². The number of sulfonamides is 1. The summed E-state index contributed by atoms with van der Waals surface area (Å²) in [7, 11) is -3.54. The van der Waals surface area contributed by atoms with Gasteiger partial charge in [0.1, 0.15) is 0 Å². The summed E-state index contributed by atoms with van der Waals surface area (Å²) in [6.07, 6.45) is 3.46. The highest BCUT2D eigenvalue weighted by Gasteiger charge is 2.44. The zero-order chi connectivity index (χ0) is 15.8. The number of aromatic nitrogens is 2. The van der Waals surface area contributed by atoms with E-state index in [2.05, 4.69) is 9.82 Å². The van der Waals surface area contributed by atoms with Crippen LogP contribution in [0.2, 0.25) is 5.02 Å². The molecular weight excluding hydrogens is 322 g/mol. The number of halogens is 1. The normalized spacial score (nSPS) is 16.6. The van der Waals surface area contributed by atoms with E-state index in [4.69, 9.17) is 11.6 Å². The van der Waals surface area contributed by atoms with Gasteiger partial charge in [0.05, 0.1) is 6.20 Å². The molecule has 118 valence electrons. The summed E-state index contributed by atoms with van der Waals surface area (Å²) in [4.78, 5) is 0. The third kappa shape index (κ3) is 2.91. The van der Waals surface area contributed by atoms with E-state index in [9.17, 15) is 8.42 Å². The molecular formula is C15H18ClN3O2S. The van der Waals surface area contributed by atoms with E-state index >= 15 is 0 Å². The Morgan fingerprint density at radius 1 is 1.27 bits per heavy atom. The van der Waals surface area contributed by atoms with Crippen molar-refractivity contribution in [1.82, 2.24) is 14.5 Å². The van der Waals surface area contributed by atoms with Crippen LogP contribution in [0.3, 0.4) is 0 Å². The highest BCUT2D eigenvalue weighted by atomic mass is 35.5. The zero-order valence-electron chi connectivity index (χ0n) is 12.3. The van der Waals surface area contributed by atoms with Crippen molar-refractivity contribution in [3.63, 3.8) is 0 Å². The van der Waals surface area contributed by atoms with E-state index in [1.807, 2.05) is 31.2 Å². The molecule has 1 aliphatic rings. The fourth-order valence-corrected chi connectivity index (χ4v) is 4.05. The molecule has 0 atom stereocenters. The van der Waals surface area contributed by atoms with Gasteiger partial charge in [0, 0.05) is 23.5 Å². The SMILES string of the molecule is CCn1nccc1S(=O)(=O)NCC1(c2ccc(Cl)cc2)CC1. The monoisotopic (exact) mass is 339 g/mol. The number of benzene rings is 1. The lowest BCUT2D eigenvalue weighted by atomic mass is 9.96. The largest absolute Gasteiger partial charge is 0.257 e. The molecule has 0 bridgehead atoms. The molecule has 1 N–H and O–H groups in total. The zero-order valence-corrected chi connectivity index (χ0v) is 13.9. The van der Waals surface area contributed by atoms with E-state index in [-0.39, 0.29) is 10.4 Å². The average molecular weight is 340 g/mol. The fraction of sp³-hybridized carbons (Fsp3) is 0.400. The van der Waals surface area contributed by atoms with Crippen LogP contribution in [0.5, 0.6) is 0 Å². The first-order chi connectivity index (χ1) is 10.5. The summed E-state index contributed by atoms with van der Waals surface area (Å²) in [6.45, 7) is 2.78. The first-order valence-electron chi connectivity index (χ1n) is 7.24. The molecule has 3 rings (SSSR count). The second-order valence-corrected chi connectivity index (χ2v) is 7.75. The molecule has 0 spiro atoms. The Bertz CT molecular complexity index is 764. The minimum absolute atomic E-state index is 0.102. The Morgan fingerprint density at radius 2 is 1.95 bits per heavy atom. The van der Waals surface area contributed by atoms with Crippen molar-refractivity contribution in [2.24, 2.45) is 0 Å². The van der Waals surface area contributed by atoms with Gasteiger partial charge in [0.2, 0.25) is 0 Å². The molecule has 2 aromatic rings. The van der Waals surface area contributed by atoms with E-state index < -0.39 is 10.0 Å². The minimum atomic E-state index is -3.54. The van der Waals surface area contributed by atoms with E-state index in [0.29, 0.717) is 18.1 Å². The molecule has 22 heavy (non-hydrogen) atoms. The molecule has 1 fully saturated rings. The lowest BCUT2D eigenvalue weighted by Gasteiger charge is -2.17. The van der Waals surface area contributed by atoms with Crippen LogP contribution >= 0.6 is 11.6 Å². The Kier molecular flexibility index (Phi) is 4.01. The fourth-order valence-electron chi connectivity index (χ4n) is 2.62. The smallest absolute Gasteiger partial charge is 0.253 e. The van der Waals surface area contributed by atoms with Crippen molar-refractivity contribution in [1.29, 1.82) is 0 Å². The van der Waals surface area contributed by atoms with Gasteiger partial charge in [-0.1, -0.05) is 23.7 Å². The van der Waals surface area contributed by atoms with Crippen LogP contribution in [-0.2, 0) is 22.0 Å². The van der Waals surface area contributed by atoms with Gasteiger partial charge in [0.15, 0.2) is 5.03 Å². The quantitative estimate of drug-likeness (QED) is 0.879. The Morgan fingerprint density at radius 3 is 2.55 bits per heavy atom. The predicted octanol–water partition coefficient (Wildman–Crippen LogP) is 2.57. The minimum Gasteiger partial charge on any atom is -0.253 e. The van der Waals surface area contributed by atoms with Gasteiger partial charge in [-0.3, -0.25) is 4.68 Å². The molecule has 0 aliphatic heterocycles. The Labute approximate surface area is 135 Å². The van der Waals surface area contributed by atoms with Crippen molar-refractivity contribution in [2.45, 2.75) is 36.8 Å². The molecule has 0 saturated heterocycles. The highest BCUT2D eigenvalue weighted by Crippen LogP contribution is 2.48. The average Bonchev–Trinajstić information content (AvgIpc) is 3.13. The number of hydrogen-bond donors (Lipinski definition) is 1. The summed E-state index contributed by atoms with van der Waals surface area (Å²) < 4.78 is 29.1. The van der Waals surface area contributed by atoms with Gasteiger partial charge in [0.25, 0.3) is 10.0 Å². The molecule has 1 saturated carbocycles. The van der Waals surface area contributed by atoms with Gasteiger partial charge < -0.3 is 0 Å². The van der Waals surface area contributed by atoms with Crippen molar-refractivity contribution in [3.8, 4) is 0 Å². The van der Waals surface area contributed by atoms with Gasteiger partial charge in [-0.25, -0.2) is 13.1 Å². The van der Waals surface area contributed by atoms with E-state index in [1.165, 1.54) is 16.9 Å². The third-order valence-corrected chi connectivity index (χ3v) is 5.84. The number of aryl methyl sites for hydroxylation is 1. The standard InChI is InChI=1S/C15H18ClN3O2S/c1-2-19-14(7-10-17-19)22(20,21)18-11-15(8-9-15)12-3-5-13(16)6-4-12/h3-7,10,18H,2,8-9,11H2,1H3. The van der Waals surface area contributed by atoms with Crippen molar-refractivity contribution in [2.75, 3.05) is 6.54 Å². The van der Waals surface area contributed by atoms with Crippen LogP contribution < -0.4 is 4.72 Å². The van der Waals surface area contributed by atoms with E-state index in [1.54, 1.807) is 0 Å². The maximum Gasteiger partial charge on any atom is 0.257 e. The van der Waals surface area contributed by atoms with Crippen molar-refractivity contribution in [3.05, 3.63) is 47.1 Å². The Hall–Kier alpha value is -1.37. The van der Waals surface area contributed by atoms with Crippen LogP contribution in [0.25, 0.3) is 0 Å². The molecule has 7 heteroatoms. The predicted molar refractivity (Wildman–Crippen MR) is 85.5 cm³/mol. The van der Waals surface area contributed by atoms with Gasteiger partial charge in [-0.15, -0.1) is 0 Å². The topological polar surface area (TPSA) is 64.0 Å². The van der Waals surface area contributed by atoms with Gasteiger partial charge in [-0.05, 0) is 43.5 Å². The maximum atomic E-state index is 12.4. The molecule has 1 aromatic heterocycles. The first-order valence-corrected chi connectivity index (χ1v) is 9.10. The lowest BCUT2D eigenvalue weighted by Crippen LogP contribution is -2.33. The molecule has 5 nitrogen and oxygen atoms in total. The van der Waals surface area contributed by atoms with Crippen LogP contribution in [0.4, 0.5) is 0 Å². The van der Waals surface area contributed by atoms with Gasteiger partial charge >= 0.3 is 0 Å². The first kappa shape index (κ1) is 15.5. The molecule has 0 unspecified atom stereocenters. The summed E-state index contributed by atoms with van der Waals surface area (Å²) in [5.74, 6) is 0. The molecule has 0 radical (unpaired) electrons. The van der Waals surface area contributed by atoms with Crippen LogP contribution in [0, 0.1) is 0 Å². The van der Waals surface area contributed by atoms with Gasteiger partial charge in [-0.2, -0.15) is 5.10 Å². The summed E-state index contributed by atoms with van der Waals surface area (Å²) in [5, 5.41) is 4.91. The number of hydrogen-bond acceptors (Lipinski definition) is 3. The molecule has 1 aromatic carbocycles. The number of rotatable bonds is 6. The Balaban J connectivity index is 1.76. The second-order valence-electron chi connectivity index (χ2n) is 5.60. The van der Waals surface area contributed by atoms with Crippen LogP contribution in [0.1, 0.15) is 25.3 Å².